The molecule has 0 radical (unpaired) electrons. The van der Waals surface area contributed by atoms with Gasteiger partial charge in [0.2, 0.25) is 10.0 Å². The molecule has 0 aliphatic rings. The lowest BCUT2D eigenvalue weighted by molar-refractivity contribution is 0.448. The summed E-state index contributed by atoms with van der Waals surface area (Å²) in [6, 6.07) is 17.0. The molecule has 0 bridgehead atoms. The molecule has 0 spiro atoms. The Morgan fingerprint density at radius 3 is 2.65 bits per heavy atom. The highest BCUT2D eigenvalue weighted by atomic mass is 32.2. The second-order valence-corrected chi connectivity index (χ2v) is 8.38. The first-order chi connectivity index (χ1) is 12.6. The molecule has 2 aromatic carbocycles. The Morgan fingerprint density at radius 2 is 1.81 bits per heavy atom. The lowest BCUT2D eigenvalue weighted by Crippen LogP contribution is -2.25. The maximum absolute atomic E-state index is 12.4. The zero-order chi connectivity index (χ0) is 18.0. The van der Waals surface area contributed by atoms with E-state index in [1.54, 1.807) is 12.1 Å². The third-order valence-electron chi connectivity index (χ3n) is 3.82. The van der Waals surface area contributed by atoms with Crippen LogP contribution in [0.3, 0.4) is 0 Å². The number of para-hydroxylation sites is 1. The molecular formula is C18H15N3O3S2. The summed E-state index contributed by atoms with van der Waals surface area (Å²) in [4.78, 5) is 4.49. The first-order valence-corrected chi connectivity index (χ1v) is 10.4. The predicted octanol–water partition coefficient (Wildman–Crippen LogP) is 3.57. The summed E-state index contributed by atoms with van der Waals surface area (Å²) in [6.07, 6.45) is 0. The van der Waals surface area contributed by atoms with Crippen LogP contribution in [0.25, 0.3) is 21.5 Å². The molecule has 0 amide bonds. The van der Waals surface area contributed by atoms with Gasteiger partial charge >= 0.3 is 0 Å². The Hall–Kier alpha value is -2.55. The van der Waals surface area contributed by atoms with Crippen molar-refractivity contribution >= 4 is 32.3 Å². The van der Waals surface area contributed by atoms with E-state index in [1.807, 2.05) is 47.8 Å². The molecule has 0 unspecified atom stereocenters. The fourth-order valence-corrected chi connectivity index (χ4v) is 4.42. The summed E-state index contributed by atoms with van der Waals surface area (Å²) in [6.45, 7) is 0.140. The fraction of sp³-hybridized carbons (Fsp3) is 0.111. The van der Waals surface area contributed by atoms with Crippen molar-refractivity contribution in [3.05, 3.63) is 71.4 Å². The number of fused-ring (bicyclic) bond motifs is 1. The van der Waals surface area contributed by atoms with E-state index in [1.165, 1.54) is 11.3 Å². The van der Waals surface area contributed by atoms with Gasteiger partial charge in [0.25, 0.3) is 0 Å². The maximum atomic E-state index is 12.4. The van der Waals surface area contributed by atoms with E-state index < -0.39 is 10.0 Å². The highest BCUT2D eigenvalue weighted by Crippen LogP contribution is 2.23. The van der Waals surface area contributed by atoms with Gasteiger partial charge in [-0.2, -0.15) is 0 Å². The van der Waals surface area contributed by atoms with Crippen LogP contribution >= 0.6 is 11.3 Å². The van der Waals surface area contributed by atoms with Crippen LogP contribution in [0.2, 0.25) is 0 Å². The van der Waals surface area contributed by atoms with Gasteiger partial charge in [0.1, 0.15) is 16.5 Å². The molecule has 0 saturated carbocycles. The van der Waals surface area contributed by atoms with Gasteiger partial charge in [-0.1, -0.05) is 47.6 Å². The highest BCUT2D eigenvalue weighted by molar-refractivity contribution is 7.88. The number of rotatable bonds is 6. The number of hydrogen-bond acceptors (Lipinski definition) is 6. The van der Waals surface area contributed by atoms with Gasteiger partial charge in [0.05, 0.1) is 12.2 Å². The smallest absolute Gasteiger partial charge is 0.217 e. The third-order valence-corrected chi connectivity index (χ3v) is 6.00. The second-order valence-electron chi connectivity index (χ2n) is 5.72. The number of nitrogens with zero attached hydrogens (tertiary/aromatic N) is 2. The van der Waals surface area contributed by atoms with Crippen LogP contribution in [0.5, 0.6) is 0 Å². The third kappa shape index (κ3) is 3.67. The zero-order valence-electron chi connectivity index (χ0n) is 13.6. The average molecular weight is 385 g/mol. The number of benzene rings is 2. The molecule has 0 fully saturated rings. The van der Waals surface area contributed by atoms with Crippen LogP contribution < -0.4 is 4.72 Å². The fourth-order valence-electron chi connectivity index (χ4n) is 2.56. The largest absolute Gasteiger partial charge is 0.356 e. The number of thiazole rings is 1. The van der Waals surface area contributed by atoms with E-state index in [9.17, 15) is 8.42 Å². The molecule has 0 saturated heterocycles. The summed E-state index contributed by atoms with van der Waals surface area (Å²) in [5.41, 5.74) is 2.67. The van der Waals surface area contributed by atoms with Crippen molar-refractivity contribution < 1.29 is 12.9 Å². The van der Waals surface area contributed by atoms with Crippen LogP contribution in [0.1, 0.15) is 11.4 Å². The molecule has 2 heterocycles. The van der Waals surface area contributed by atoms with Crippen molar-refractivity contribution in [3.63, 3.8) is 0 Å². The number of sulfonamides is 1. The topological polar surface area (TPSA) is 85.1 Å². The van der Waals surface area contributed by atoms with Crippen molar-refractivity contribution in [2.75, 3.05) is 0 Å². The van der Waals surface area contributed by atoms with E-state index in [4.69, 9.17) is 4.52 Å². The molecule has 1 N–H and O–H groups in total. The van der Waals surface area contributed by atoms with Gasteiger partial charge in [-0.3, -0.25) is 0 Å². The van der Waals surface area contributed by atoms with E-state index in [-0.39, 0.29) is 12.3 Å². The summed E-state index contributed by atoms with van der Waals surface area (Å²) in [5.74, 6) is -0.236. The van der Waals surface area contributed by atoms with Crippen LogP contribution in [-0.2, 0) is 22.3 Å². The Bertz CT molecular complexity index is 1130. The molecule has 4 aromatic rings. The maximum Gasteiger partial charge on any atom is 0.217 e. The normalized spacial score (nSPS) is 11.8. The molecular weight excluding hydrogens is 370 g/mol. The lowest BCUT2D eigenvalue weighted by Gasteiger charge is -2.03. The first kappa shape index (κ1) is 16.9. The zero-order valence-corrected chi connectivity index (χ0v) is 15.3. The summed E-state index contributed by atoms with van der Waals surface area (Å²) in [5, 5.41) is 7.30. The van der Waals surface area contributed by atoms with Crippen molar-refractivity contribution in [1.82, 2.24) is 14.9 Å². The average Bonchev–Trinajstić information content (AvgIpc) is 3.28. The van der Waals surface area contributed by atoms with Gasteiger partial charge in [-0.05, 0) is 12.1 Å². The highest BCUT2D eigenvalue weighted by Gasteiger charge is 2.17. The minimum atomic E-state index is -3.56. The van der Waals surface area contributed by atoms with Gasteiger partial charge in [-0.25, -0.2) is 18.1 Å². The molecule has 0 atom stereocenters. The number of aromatic nitrogens is 2. The van der Waals surface area contributed by atoms with E-state index in [2.05, 4.69) is 14.9 Å². The van der Waals surface area contributed by atoms with Gasteiger partial charge in [0.15, 0.2) is 5.58 Å². The molecule has 132 valence electrons. The Balaban J connectivity index is 1.45. The summed E-state index contributed by atoms with van der Waals surface area (Å²) in [7, 11) is -3.56. The van der Waals surface area contributed by atoms with Crippen LogP contribution in [0.15, 0.2) is 64.5 Å². The summed E-state index contributed by atoms with van der Waals surface area (Å²) < 4.78 is 32.5. The molecule has 0 aliphatic carbocycles. The molecule has 26 heavy (non-hydrogen) atoms. The van der Waals surface area contributed by atoms with Crippen molar-refractivity contribution in [2.24, 2.45) is 0 Å². The molecule has 8 heteroatoms. The van der Waals surface area contributed by atoms with Crippen LogP contribution in [0, 0.1) is 0 Å². The molecule has 0 aliphatic heterocycles. The molecule has 4 rings (SSSR count). The van der Waals surface area contributed by atoms with Crippen molar-refractivity contribution in [3.8, 4) is 10.6 Å². The van der Waals surface area contributed by atoms with Crippen molar-refractivity contribution in [1.29, 1.82) is 0 Å². The van der Waals surface area contributed by atoms with Gasteiger partial charge < -0.3 is 4.52 Å². The van der Waals surface area contributed by atoms with Gasteiger partial charge in [0, 0.05) is 16.3 Å². The van der Waals surface area contributed by atoms with E-state index >= 15 is 0 Å². The van der Waals surface area contributed by atoms with E-state index in [0.717, 1.165) is 10.6 Å². The second kappa shape index (κ2) is 6.99. The Morgan fingerprint density at radius 1 is 1.04 bits per heavy atom. The molecule has 6 nitrogen and oxygen atoms in total. The quantitative estimate of drug-likeness (QED) is 0.548. The molecule has 2 aromatic heterocycles. The Kier molecular flexibility index (Phi) is 4.54. The minimum absolute atomic E-state index is 0.140. The lowest BCUT2D eigenvalue weighted by atomic mass is 10.2. The standard InChI is InChI=1S/C18H15N3O3S2/c22-26(23,12-16-15-8-4-5-9-17(15)24-21-16)19-10-14-11-25-18(20-14)13-6-2-1-3-7-13/h1-9,11,19H,10,12H2. The monoisotopic (exact) mass is 385 g/mol. The predicted molar refractivity (Wildman–Crippen MR) is 101 cm³/mol. The van der Waals surface area contributed by atoms with Crippen molar-refractivity contribution in [2.45, 2.75) is 12.3 Å². The first-order valence-electron chi connectivity index (χ1n) is 7.91. The number of hydrogen-bond donors (Lipinski definition) is 1. The number of nitrogens with one attached hydrogen (secondary N) is 1. The van der Waals surface area contributed by atoms with Crippen LogP contribution in [-0.4, -0.2) is 18.6 Å². The van der Waals surface area contributed by atoms with E-state index in [0.29, 0.717) is 22.4 Å². The Labute approximate surface area is 154 Å². The SMILES string of the molecule is O=S(=O)(Cc1noc2ccccc12)NCc1csc(-c2ccccc2)n1. The van der Waals surface area contributed by atoms with Gasteiger partial charge in [-0.15, -0.1) is 11.3 Å². The summed E-state index contributed by atoms with van der Waals surface area (Å²) >= 11 is 1.49. The van der Waals surface area contributed by atoms with Crippen LogP contribution in [0.4, 0.5) is 0 Å². The minimum Gasteiger partial charge on any atom is -0.356 e.